The van der Waals surface area contributed by atoms with Crippen molar-refractivity contribution in [3.63, 3.8) is 0 Å². The molecule has 2 atom stereocenters. The van der Waals surface area contributed by atoms with Crippen molar-refractivity contribution in [2.75, 3.05) is 17.6 Å². The normalized spacial score (nSPS) is 17.4. The summed E-state index contributed by atoms with van der Waals surface area (Å²) < 4.78 is 0. The number of nitrogens with one attached hydrogen (secondary N) is 3. The van der Waals surface area contributed by atoms with Crippen molar-refractivity contribution in [1.82, 2.24) is 10.6 Å². The Bertz CT molecular complexity index is 728. The molecule has 198 valence electrons. The van der Waals surface area contributed by atoms with Crippen LogP contribution in [-0.2, 0) is 9.59 Å². The second kappa shape index (κ2) is 18.7. The predicted octanol–water partition coefficient (Wildman–Crippen LogP) is 7.34. The average molecular weight is 504 g/mol. The van der Waals surface area contributed by atoms with E-state index >= 15 is 0 Å². The van der Waals surface area contributed by atoms with Gasteiger partial charge in [0, 0.05) is 30.5 Å². The number of anilines is 1. The maximum Gasteiger partial charge on any atom is 0.238 e. The van der Waals surface area contributed by atoms with Gasteiger partial charge in [0.05, 0.1) is 11.4 Å². The number of thioether (sulfide) groups is 1. The maximum atomic E-state index is 12.6. The van der Waals surface area contributed by atoms with Gasteiger partial charge >= 0.3 is 0 Å². The number of carbonyl (C=O) groups excluding carboxylic acids is 2. The van der Waals surface area contributed by atoms with E-state index in [1.807, 2.05) is 24.3 Å². The molecule has 2 rings (SSSR count). The lowest BCUT2D eigenvalue weighted by Crippen LogP contribution is -2.42. The van der Waals surface area contributed by atoms with Crippen LogP contribution in [0.1, 0.15) is 121 Å². The molecule has 2 amide bonds. The van der Waals surface area contributed by atoms with Crippen molar-refractivity contribution in [1.29, 1.82) is 0 Å². The van der Waals surface area contributed by atoms with E-state index in [1.165, 1.54) is 96.8 Å². The van der Waals surface area contributed by atoms with Gasteiger partial charge in [0.1, 0.15) is 0 Å². The summed E-state index contributed by atoms with van der Waals surface area (Å²) in [7, 11) is 0. The smallest absolute Gasteiger partial charge is 0.238 e. The Kier molecular flexibility index (Phi) is 15.9. The summed E-state index contributed by atoms with van der Waals surface area (Å²) in [6.07, 6.45) is 20.2. The van der Waals surface area contributed by atoms with Crippen molar-refractivity contribution in [2.24, 2.45) is 0 Å². The molecule has 1 fully saturated rings. The fourth-order valence-corrected chi connectivity index (χ4v) is 5.94. The Hall–Kier alpha value is -1.53. The minimum atomic E-state index is -0.188. The number of hydrogen-bond donors (Lipinski definition) is 3. The molecule has 35 heavy (non-hydrogen) atoms. The average Bonchev–Trinajstić information content (AvgIpc) is 3.34. The van der Waals surface area contributed by atoms with E-state index in [4.69, 9.17) is 0 Å². The van der Waals surface area contributed by atoms with Crippen LogP contribution < -0.4 is 16.0 Å². The van der Waals surface area contributed by atoms with Gasteiger partial charge in [-0.2, -0.15) is 0 Å². The van der Waals surface area contributed by atoms with Crippen molar-refractivity contribution in [2.45, 2.75) is 122 Å². The second-order valence-corrected chi connectivity index (χ2v) is 11.1. The largest absolute Gasteiger partial charge is 0.355 e. The lowest BCUT2D eigenvalue weighted by atomic mass is 10.0. The van der Waals surface area contributed by atoms with Gasteiger partial charge in [-0.05, 0) is 12.5 Å². The molecular weight excluding hydrogens is 454 g/mol. The summed E-state index contributed by atoms with van der Waals surface area (Å²) in [5.41, 5.74) is 1.83. The van der Waals surface area contributed by atoms with Crippen LogP contribution >= 0.6 is 11.8 Å². The first-order chi connectivity index (χ1) is 17.1. The highest BCUT2D eigenvalue weighted by molar-refractivity contribution is 7.99. The molecular formula is C29H49N3O2S. The Morgan fingerprint density at radius 3 is 1.97 bits per heavy atom. The van der Waals surface area contributed by atoms with Crippen molar-refractivity contribution in [3.05, 3.63) is 29.8 Å². The van der Waals surface area contributed by atoms with E-state index in [2.05, 4.69) is 22.9 Å². The third-order valence-corrected chi connectivity index (χ3v) is 7.98. The van der Waals surface area contributed by atoms with Gasteiger partial charge in [-0.25, -0.2) is 0 Å². The number of rotatable bonds is 19. The Labute approximate surface area is 218 Å². The molecule has 1 heterocycles. The first kappa shape index (κ1) is 29.7. The van der Waals surface area contributed by atoms with Gasteiger partial charge < -0.3 is 10.6 Å². The Morgan fingerprint density at radius 2 is 1.40 bits per heavy atom. The number of hydrogen-bond acceptors (Lipinski definition) is 4. The van der Waals surface area contributed by atoms with Gasteiger partial charge in [-0.1, -0.05) is 115 Å². The van der Waals surface area contributed by atoms with Gasteiger partial charge in [-0.3, -0.25) is 14.9 Å². The molecule has 0 saturated carbocycles. The summed E-state index contributed by atoms with van der Waals surface area (Å²) in [5.74, 6) is 0.740. The molecule has 1 aliphatic heterocycles. The molecule has 1 saturated heterocycles. The maximum absolute atomic E-state index is 12.6. The molecule has 0 radical (unpaired) electrons. The van der Waals surface area contributed by atoms with Crippen LogP contribution in [0.4, 0.5) is 5.69 Å². The fourth-order valence-electron chi connectivity index (χ4n) is 4.66. The van der Waals surface area contributed by atoms with Crippen molar-refractivity contribution in [3.8, 4) is 0 Å². The monoisotopic (exact) mass is 503 g/mol. The number of amides is 2. The number of unbranched alkanes of at least 4 members (excludes halogenated alkanes) is 14. The van der Waals surface area contributed by atoms with E-state index in [9.17, 15) is 9.59 Å². The highest BCUT2D eigenvalue weighted by atomic mass is 32.2. The van der Waals surface area contributed by atoms with E-state index in [0.29, 0.717) is 0 Å². The van der Waals surface area contributed by atoms with Crippen LogP contribution in [0.3, 0.4) is 0 Å². The van der Waals surface area contributed by atoms with Crippen LogP contribution in [0, 0.1) is 0 Å². The first-order valence-corrected chi connectivity index (χ1v) is 15.2. The quantitative estimate of drug-likeness (QED) is 0.173. The first-order valence-electron chi connectivity index (χ1n) is 14.1. The van der Waals surface area contributed by atoms with Crippen LogP contribution in [0.5, 0.6) is 0 Å². The zero-order chi connectivity index (χ0) is 25.1. The van der Waals surface area contributed by atoms with E-state index < -0.39 is 0 Å². The Morgan fingerprint density at radius 1 is 0.857 bits per heavy atom. The van der Waals surface area contributed by atoms with Crippen LogP contribution in [-0.4, -0.2) is 30.2 Å². The van der Waals surface area contributed by atoms with Crippen molar-refractivity contribution < 1.29 is 9.59 Å². The molecule has 3 N–H and O–H groups in total. The molecule has 0 spiro atoms. The lowest BCUT2D eigenvalue weighted by molar-refractivity contribution is -0.122. The highest BCUT2D eigenvalue weighted by Crippen LogP contribution is 2.36. The molecule has 1 aliphatic rings. The van der Waals surface area contributed by atoms with Crippen LogP contribution in [0.2, 0.25) is 0 Å². The van der Waals surface area contributed by atoms with Crippen molar-refractivity contribution >= 4 is 29.3 Å². The molecule has 6 heteroatoms. The molecule has 0 aromatic heterocycles. The molecule has 1 aromatic carbocycles. The standard InChI is InChI=1S/C29H49N3O2S/c1-3-4-5-6-7-8-9-10-11-12-13-14-15-16-19-22-30-28(34)27-23-35-29(32-27)25-20-17-18-21-26(25)31-24(2)33/h17-18,20-21,27,29,32H,3-16,19,22-23H2,1-2H3,(H,30,34)(H,31,33)/t27-,29?/m0/s1. The summed E-state index contributed by atoms with van der Waals surface area (Å²) in [6.45, 7) is 4.55. The second-order valence-electron chi connectivity index (χ2n) is 9.94. The SMILES string of the molecule is CCCCCCCCCCCCCCCCCNC(=O)[C@@H]1CSC(c2ccccc2NC(C)=O)N1. The molecule has 0 bridgehead atoms. The van der Waals surface area contributed by atoms with E-state index in [0.717, 1.165) is 30.0 Å². The fraction of sp³-hybridized carbons (Fsp3) is 0.724. The number of benzene rings is 1. The topological polar surface area (TPSA) is 70.2 Å². The zero-order valence-electron chi connectivity index (χ0n) is 22.2. The summed E-state index contributed by atoms with van der Waals surface area (Å²) >= 11 is 1.71. The predicted molar refractivity (Wildman–Crippen MR) is 151 cm³/mol. The number of carbonyl (C=O) groups is 2. The number of para-hydroxylation sites is 1. The lowest BCUT2D eigenvalue weighted by Gasteiger charge is -2.17. The molecule has 1 unspecified atom stereocenters. The van der Waals surface area contributed by atoms with Crippen LogP contribution in [0.25, 0.3) is 0 Å². The molecule has 1 aromatic rings. The van der Waals surface area contributed by atoms with Gasteiger partial charge in [0.2, 0.25) is 11.8 Å². The third-order valence-electron chi connectivity index (χ3n) is 6.73. The van der Waals surface area contributed by atoms with Gasteiger partial charge in [0.15, 0.2) is 0 Å². The third kappa shape index (κ3) is 12.8. The highest BCUT2D eigenvalue weighted by Gasteiger charge is 2.31. The zero-order valence-corrected chi connectivity index (χ0v) is 23.0. The van der Waals surface area contributed by atoms with Crippen LogP contribution in [0.15, 0.2) is 24.3 Å². The Balaban J connectivity index is 1.45. The minimum Gasteiger partial charge on any atom is -0.355 e. The van der Waals surface area contributed by atoms with E-state index in [1.54, 1.807) is 11.8 Å². The molecule has 0 aliphatic carbocycles. The van der Waals surface area contributed by atoms with Gasteiger partial charge in [-0.15, -0.1) is 11.8 Å². The van der Waals surface area contributed by atoms with E-state index in [-0.39, 0.29) is 23.2 Å². The minimum absolute atomic E-state index is 0.0135. The summed E-state index contributed by atoms with van der Waals surface area (Å²) in [6, 6.07) is 7.60. The van der Waals surface area contributed by atoms with Gasteiger partial charge in [0.25, 0.3) is 0 Å². The summed E-state index contributed by atoms with van der Waals surface area (Å²) in [4.78, 5) is 24.1. The molecule has 5 nitrogen and oxygen atoms in total. The summed E-state index contributed by atoms with van der Waals surface area (Å²) in [5, 5.41) is 9.43.